The number of epoxide rings is 1. The lowest BCUT2D eigenvalue weighted by Gasteiger charge is -2.01. The molecule has 4 rings (SSSR count). The normalized spacial score (nSPS) is 11.7. The molecule has 0 bridgehead atoms. The molecular formula is C31H50O3. The van der Waals surface area contributed by atoms with E-state index >= 15 is 0 Å². The maximum Gasteiger partial charge on any atom is 0.119 e. The van der Waals surface area contributed by atoms with E-state index < -0.39 is 0 Å². The van der Waals surface area contributed by atoms with E-state index in [1.165, 1.54) is 23.6 Å². The Balaban J connectivity index is -0.000000383. The van der Waals surface area contributed by atoms with Gasteiger partial charge >= 0.3 is 0 Å². The zero-order chi connectivity index (χ0) is 26.5. The topological polar surface area (TPSA) is 31.0 Å². The number of methoxy groups -OCH3 is 1. The first-order valence-electron chi connectivity index (χ1n) is 12.3. The number of hydrogen-bond donors (Lipinski definition) is 0. The predicted molar refractivity (Wildman–Crippen MR) is 153 cm³/mol. The van der Waals surface area contributed by atoms with E-state index in [2.05, 4.69) is 94.1 Å². The quantitative estimate of drug-likeness (QED) is 0.282. The summed E-state index contributed by atoms with van der Waals surface area (Å²) in [4.78, 5) is 0. The van der Waals surface area contributed by atoms with Gasteiger partial charge in [0.2, 0.25) is 0 Å². The molecule has 1 fully saturated rings. The molecule has 0 spiro atoms. The lowest BCUT2D eigenvalue weighted by Crippen LogP contribution is -2.03. The second-order valence-corrected chi connectivity index (χ2v) is 6.75. The third-order valence-corrected chi connectivity index (χ3v) is 3.24. The SMILES string of the molecule is C=C.CC.CCC.CCC.COC.c1ccc(OCC2CO2)cc1.c1ccc2ccccc2c1. The van der Waals surface area contributed by atoms with Gasteiger partial charge < -0.3 is 14.2 Å². The van der Waals surface area contributed by atoms with Crippen molar-refractivity contribution >= 4 is 10.8 Å². The summed E-state index contributed by atoms with van der Waals surface area (Å²) < 4.78 is 14.7. The van der Waals surface area contributed by atoms with Gasteiger partial charge in [-0.2, -0.15) is 0 Å². The predicted octanol–water partition coefficient (Wildman–Crippen LogP) is 9.23. The summed E-state index contributed by atoms with van der Waals surface area (Å²) in [6, 6.07) is 26.5. The molecule has 1 heterocycles. The van der Waals surface area contributed by atoms with Crippen LogP contribution in [0.25, 0.3) is 10.8 Å². The van der Waals surface area contributed by atoms with Gasteiger partial charge in [-0.05, 0) is 22.9 Å². The van der Waals surface area contributed by atoms with Crippen LogP contribution in [0.5, 0.6) is 5.75 Å². The van der Waals surface area contributed by atoms with Crippen LogP contribution in [0.4, 0.5) is 0 Å². The Morgan fingerprint density at radius 1 is 0.706 bits per heavy atom. The summed E-state index contributed by atoms with van der Waals surface area (Å²) in [6.07, 6.45) is 2.84. The average molecular weight is 471 g/mol. The zero-order valence-electron chi connectivity index (χ0n) is 23.1. The monoisotopic (exact) mass is 470 g/mol. The van der Waals surface area contributed by atoms with Gasteiger partial charge in [0.25, 0.3) is 0 Å². The van der Waals surface area contributed by atoms with Gasteiger partial charge in [-0.1, -0.05) is 121 Å². The summed E-state index contributed by atoms with van der Waals surface area (Å²) in [5, 5.41) is 2.62. The Hall–Kier alpha value is -2.62. The Labute approximate surface area is 210 Å². The van der Waals surface area contributed by atoms with Gasteiger partial charge in [0, 0.05) is 14.2 Å². The van der Waals surface area contributed by atoms with Crippen molar-refractivity contribution in [3.05, 3.63) is 92.0 Å². The Morgan fingerprint density at radius 2 is 1.00 bits per heavy atom. The van der Waals surface area contributed by atoms with Crippen molar-refractivity contribution in [3.63, 3.8) is 0 Å². The lowest BCUT2D eigenvalue weighted by atomic mass is 10.1. The van der Waals surface area contributed by atoms with Crippen molar-refractivity contribution in [1.29, 1.82) is 0 Å². The molecule has 3 aromatic carbocycles. The zero-order valence-corrected chi connectivity index (χ0v) is 23.1. The van der Waals surface area contributed by atoms with Crippen LogP contribution in [-0.2, 0) is 9.47 Å². The van der Waals surface area contributed by atoms with Crippen molar-refractivity contribution in [2.75, 3.05) is 27.4 Å². The highest BCUT2D eigenvalue weighted by Gasteiger charge is 2.22. The summed E-state index contributed by atoms with van der Waals surface area (Å²) in [5.41, 5.74) is 0. The Morgan fingerprint density at radius 3 is 1.29 bits per heavy atom. The van der Waals surface area contributed by atoms with Crippen LogP contribution in [-0.4, -0.2) is 33.5 Å². The molecule has 0 saturated carbocycles. The van der Waals surface area contributed by atoms with E-state index in [0.717, 1.165) is 12.4 Å². The molecule has 192 valence electrons. The van der Waals surface area contributed by atoms with E-state index in [4.69, 9.17) is 9.47 Å². The summed E-state index contributed by atoms with van der Waals surface area (Å²) >= 11 is 0. The fourth-order valence-corrected chi connectivity index (χ4v) is 2.00. The lowest BCUT2D eigenvalue weighted by molar-refractivity contribution is 0.263. The minimum Gasteiger partial charge on any atom is -0.491 e. The number of benzene rings is 3. The van der Waals surface area contributed by atoms with Crippen molar-refractivity contribution in [2.24, 2.45) is 0 Å². The number of para-hydroxylation sites is 1. The first-order valence-corrected chi connectivity index (χ1v) is 12.3. The molecule has 0 N–H and O–H groups in total. The van der Waals surface area contributed by atoms with Crippen LogP contribution >= 0.6 is 0 Å². The smallest absolute Gasteiger partial charge is 0.119 e. The highest BCUT2D eigenvalue weighted by molar-refractivity contribution is 5.81. The second kappa shape index (κ2) is 30.4. The third kappa shape index (κ3) is 24.0. The molecule has 0 radical (unpaired) electrons. The van der Waals surface area contributed by atoms with Gasteiger partial charge in [0.1, 0.15) is 18.5 Å². The van der Waals surface area contributed by atoms with Crippen LogP contribution in [0, 0.1) is 0 Å². The van der Waals surface area contributed by atoms with Gasteiger partial charge in [0.05, 0.1) is 6.61 Å². The maximum absolute atomic E-state index is 5.40. The van der Waals surface area contributed by atoms with Crippen LogP contribution in [0.15, 0.2) is 92.0 Å². The van der Waals surface area contributed by atoms with Crippen molar-refractivity contribution in [3.8, 4) is 5.75 Å². The number of hydrogen-bond acceptors (Lipinski definition) is 3. The summed E-state index contributed by atoms with van der Waals surface area (Å²) in [5.74, 6) is 0.919. The Bertz CT molecular complexity index is 670. The Kier molecular flexibility index (Phi) is 32.1. The van der Waals surface area contributed by atoms with Crippen LogP contribution in [0.1, 0.15) is 54.4 Å². The molecule has 34 heavy (non-hydrogen) atoms. The fourth-order valence-electron chi connectivity index (χ4n) is 2.00. The molecule has 3 aromatic rings. The molecule has 1 unspecified atom stereocenters. The van der Waals surface area contributed by atoms with E-state index in [0.29, 0.717) is 12.7 Å². The average Bonchev–Trinajstić information content (AvgIpc) is 3.73. The number of fused-ring (bicyclic) bond motifs is 1. The van der Waals surface area contributed by atoms with E-state index in [1.807, 2.05) is 44.2 Å². The van der Waals surface area contributed by atoms with Crippen molar-refractivity contribution < 1.29 is 14.2 Å². The summed E-state index contributed by atoms with van der Waals surface area (Å²) in [6.45, 7) is 20.0. The standard InChI is InChI=1S/C10H8.C9H10O2.2C3H8.C2H6O.C2H6.C2H4/c1-2-6-10-8-4-3-7-9(10)5-1;1-2-4-8(5-3-1)10-6-9-7-11-9;3*1-3-2;2*1-2/h1-8H;1-5,9H,6-7H2;2*3H2,1-2H3;1-2H3;1-2H3;1-2H2. The van der Waals surface area contributed by atoms with Crippen molar-refractivity contribution in [2.45, 2.75) is 60.5 Å². The molecule has 0 amide bonds. The van der Waals surface area contributed by atoms with Crippen LogP contribution in [0.3, 0.4) is 0 Å². The van der Waals surface area contributed by atoms with Crippen LogP contribution in [0.2, 0.25) is 0 Å². The highest BCUT2D eigenvalue weighted by Crippen LogP contribution is 2.13. The second-order valence-electron chi connectivity index (χ2n) is 6.75. The molecule has 1 aliphatic rings. The molecule has 3 nitrogen and oxygen atoms in total. The molecule has 1 saturated heterocycles. The van der Waals surface area contributed by atoms with E-state index in [-0.39, 0.29) is 0 Å². The number of ether oxygens (including phenoxy) is 3. The first-order chi connectivity index (χ1) is 16.7. The molecule has 0 aliphatic carbocycles. The van der Waals surface area contributed by atoms with Crippen molar-refractivity contribution in [1.82, 2.24) is 0 Å². The first kappa shape index (κ1) is 36.0. The van der Waals surface area contributed by atoms with E-state index in [9.17, 15) is 0 Å². The molecule has 3 heteroatoms. The fraction of sp³-hybridized carbons (Fsp3) is 0.419. The van der Waals surface area contributed by atoms with Gasteiger partial charge in [-0.25, -0.2) is 0 Å². The highest BCUT2D eigenvalue weighted by atomic mass is 16.6. The minimum atomic E-state index is 0.343. The number of rotatable bonds is 3. The molecule has 1 aliphatic heterocycles. The van der Waals surface area contributed by atoms with Gasteiger partial charge in [0.15, 0.2) is 0 Å². The molecule has 1 atom stereocenters. The van der Waals surface area contributed by atoms with Gasteiger partial charge in [-0.3, -0.25) is 0 Å². The van der Waals surface area contributed by atoms with Gasteiger partial charge in [-0.15, -0.1) is 13.2 Å². The summed E-state index contributed by atoms with van der Waals surface area (Å²) in [7, 11) is 3.25. The van der Waals surface area contributed by atoms with Crippen LogP contribution < -0.4 is 4.74 Å². The minimum absolute atomic E-state index is 0.343. The largest absolute Gasteiger partial charge is 0.491 e. The third-order valence-electron chi connectivity index (χ3n) is 3.24. The molecule has 0 aromatic heterocycles. The molecular weight excluding hydrogens is 420 g/mol. The van der Waals surface area contributed by atoms with E-state index in [1.54, 1.807) is 14.2 Å². The maximum atomic E-state index is 5.40.